The van der Waals surface area contributed by atoms with Gasteiger partial charge in [-0.1, -0.05) is 17.7 Å². The van der Waals surface area contributed by atoms with Crippen LogP contribution in [0.25, 0.3) is 0 Å². The lowest BCUT2D eigenvalue weighted by Crippen LogP contribution is -2.44. The van der Waals surface area contributed by atoms with Crippen LogP contribution in [0, 0.1) is 0 Å². The number of nitrogens with one attached hydrogen (secondary N) is 2. The topological polar surface area (TPSA) is 81.8 Å². The van der Waals surface area contributed by atoms with Crippen molar-refractivity contribution < 1.29 is 13.2 Å². The average molecular weight is 491 g/mol. The molecule has 0 atom stereocenters. The van der Waals surface area contributed by atoms with Crippen molar-refractivity contribution in [2.45, 2.75) is 4.21 Å². The Labute approximate surface area is 196 Å². The molecule has 1 aliphatic rings. The van der Waals surface area contributed by atoms with E-state index >= 15 is 0 Å². The van der Waals surface area contributed by atoms with Gasteiger partial charge in [0.2, 0.25) is 0 Å². The molecule has 4 rings (SSSR count). The quantitative estimate of drug-likeness (QED) is 0.541. The summed E-state index contributed by atoms with van der Waals surface area (Å²) in [7, 11) is -1.54. The fourth-order valence-corrected chi connectivity index (χ4v) is 5.66. The molecule has 1 amide bonds. The van der Waals surface area contributed by atoms with E-state index in [4.69, 9.17) is 11.6 Å². The van der Waals surface area contributed by atoms with E-state index in [0.29, 0.717) is 22.0 Å². The second kappa shape index (κ2) is 9.50. The molecule has 168 valence electrons. The van der Waals surface area contributed by atoms with Crippen LogP contribution in [0.2, 0.25) is 5.02 Å². The first-order chi connectivity index (χ1) is 15.3. The zero-order chi connectivity index (χ0) is 22.7. The van der Waals surface area contributed by atoms with Crippen molar-refractivity contribution in [1.29, 1.82) is 0 Å². The molecule has 1 aromatic heterocycles. The van der Waals surface area contributed by atoms with Crippen LogP contribution < -0.4 is 14.9 Å². The molecule has 1 fully saturated rings. The Kier molecular flexibility index (Phi) is 6.71. The maximum absolute atomic E-state index is 12.9. The summed E-state index contributed by atoms with van der Waals surface area (Å²) in [5, 5.41) is 5.19. The normalized spacial score (nSPS) is 14.9. The van der Waals surface area contributed by atoms with E-state index in [1.165, 1.54) is 6.07 Å². The second-order valence-electron chi connectivity index (χ2n) is 7.52. The summed E-state index contributed by atoms with van der Waals surface area (Å²) in [6, 6.07) is 15.0. The molecule has 0 aliphatic carbocycles. The third-order valence-electron chi connectivity index (χ3n) is 5.21. The number of likely N-dealkylation sites (N-methyl/N-ethyl adjacent to an activating group) is 1. The third kappa shape index (κ3) is 5.24. The van der Waals surface area contributed by atoms with Gasteiger partial charge in [-0.15, -0.1) is 11.3 Å². The molecule has 0 unspecified atom stereocenters. The van der Waals surface area contributed by atoms with Gasteiger partial charge in [0.05, 0.1) is 11.4 Å². The summed E-state index contributed by atoms with van der Waals surface area (Å²) < 4.78 is 27.5. The van der Waals surface area contributed by atoms with Crippen LogP contribution in [0.5, 0.6) is 0 Å². The lowest BCUT2D eigenvalue weighted by molar-refractivity contribution is 0.102. The van der Waals surface area contributed by atoms with Gasteiger partial charge in [0.15, 0.2) is 0 Å². The number of anilines is 3. The summed E-state index contributed by atoms with van der Waals surface area (Å²) >= 11 is 7.33. The van der Waals surface area contributed by atoms with Crippen molar-refractivity contribution in [3.8, 4) is 0 Å². The number of nitrogens with zero attached hydrogens (tertiary/aromatic N) is 2. The second-order valence-corrected chi connectivity index (χ2v) is 10.8. The Morgan fingerprint density at radius 1 is 1.03 bits per heavy atom. The van der Waals surface area contributed by atoms with Crippen molar-refractivity contribution in [2.75, 3.05) is 48.2 Å². The molecule has 32 heavy (non-hydrogen) atoms. The minimum Gasteiger partial charge on any atom is -0.367 e. The predicted octanol–water partition coefficient (Wildman–Crippen LogP) is 4.21. The minimum atomic E-state index is -3.63. The summed E-state index contributed by atoms with van der Waals surface area (Å²) in [5.41, 5.74) is 2.37. The number of hydrogen-bond donors (Lipinski definition) is 2. The number of thiophene rings is 1. The van der Waals surface area contributed by atoms with Crippen LogP contribution in [-0.2, 0) is 10.0 Å². The van der Waals surface area contributed by atoms with E-state index in [9.17, 15) is 13.2 Å². The van der Waals surface area contributed by atoms with Gasteiger partial charge >= 0.3 is 0 Å². The Bertz CT molecular complexity index is 1190. The largest absolute Gasteiger partial charge is 0.367 e. The summed E-state index contributed by atoms with van der Waals surface area (Å²) in [5.74, 6) is -0.296. The number of rotatable bonds is 6. The lowest BCUT2D eigenvalue weighted by atomic mass is 10.1. The SMILES string of the molecule is CN1CCN(c2ccc(Cl)cc2NC(=O)c2ccc(NS(=O)(=O)c3cccs3)cc2)CC1. The van der Waals surface area contributed by atoms with E-state index in [1.54, 1.807) is 41.8 Å². The van der Waals surface area contributed by atoms with Gasteiger partial charge in [0, 0.05) is 42.5 Å². The molecular formula is C22H23ClN4O3S2. The van der Waals surface area contributed by atoms with Gasteiger partial charge < -0.3 is 15.1 Å². The highest BCUT2D eigenvalue weighted by Gasteiger charge is 2.19. The number of benzene rings is 2. The highest BCUT2D eigenvalue weighted by atomic mass is 35.5. The highest BCUT2D eigenvalue weighted by molar-refractivity contribution is 7.94. The number of amides is 1. The maximum Gasteiger partial charge on any atom is 0.271 e. The first-order valence-electron chi connectivity index (χ1n) is 10.0. The average Bonchev–Trinajstić information content (AvgIpc) is 3.31. The van der Waals surface area contributed by atoms with Gasteiger partial charge in [-0.25, -0.2) is 8.42 Å². The molecule has 0 saturated carbocycles. The Morgan fingerprint density at radius 3 is 2.41 bits per heavy atom. The number of hydrogen-bond acceptors (Lipinski definition) is 6. The molecular weight excluding hydrogens is 468 g/mol. The van der Waals surface area contributed by atoms with Gasteiger partial charge in [-0.2, -0.15) is 0 Å². The fourth-order valence-electron chi connectivity index (χ4n) is 3.44. The Morgan fingerprint density at radius 2 is 1.75 bits per heavy atom. The van der Waals surface area contributed by atoms with Crippen molar-refractivity contribution in [1.82, 2.24) is 4.90 Å². The van der Waals surface area contributed by atoms with E-state index in [-0.39, 0.29) is 10.1 Å². The van der Waals surface area contributed by atoms with Gasteiger partial charge in [-0.3, -0.25) is 9.52 Å². The van der Waals surface area contributed by atoms with Gasteiger partial charge in [0.25, 0.3) is 15.9 Å². The molecule has 2 heterocycles. The molecule has 7 nitrogen and oxygen atoms in total. The van der Waals surface area contributed by atoms with Crippen LogP contribution >= 0.6 is 22.9 Å². The lowest BCUT2D eigenvalue weighted by Gasteiger charge is -2.35. The van der Waals surface area contributed by atoms with Crippen molar-refractivity contribution in [3.63, 3.8) is 0 Å². The summed E-state index contributed by atoms with van der Waals surface area (Å²) in [4.78, 5) is 17.4. The zero-order valence-corrected chi connectivity index (χ0v) is 19.8. The fraction of sp³-hybridized carbons (Fsp3) is 0.227. The molecule has 10 heteroatoms. The van der Waals surface area contributed by atoms with Gasteiger partial charge in [0.1, 0.15) is 4.21 Å². The molecule has 2 N–H and O–H groups in total. The minimum absolute atomic E-state index is 0.233. The number of carbonyl (C=O) groups excluding carboxylic acids is 1. The number of carbonyl (C=O) groups is 1. The number of sulfonamides is 1. The molecule has 0 radical (unpaired) electrons. The molecule has 2 aromatic carbocycles. The van der Waals surface area contributed by atoms with Crippen LogP contribution in [0.3, 0.4) is 0 Å². The molecule has 1 aliphatic heterocycles. The maximum atomic E-state index is 12.9. The Balaban J connectivity index is 1.48. The van der Waals surface area contributed by atoms with Gasteiger partial charge in [-0.05, 0) is 61.0 Å². The highest BCUT2D eigenvalue weighted by Crippen LogP contribution is 2.30. The number of piperazine rings is 1. The van der Waals surface area contributed by atoms with Crippen molar-refractivity contribution in [2.24, 2.45) is 0 Å². The zero-order valence-electron chi connectivity index (χ0n) is 17.4. The monoisotopic (exact) mass is 490 g/mol. The smallest absolute Gasteiger partial charge is 0.271 e. The van der Waals surface area contributed by atoms with Crippen molar-refractivity contribution in [3.05, 3.63) is 70.6 Å². The summed E-state index contributed by atoms with van der Waals surface area (Å²) in [6.07, 6.45) is 0. The molecule has 1 saturated heterocycles. The third-order valence-corrected chi connectivity index (χ3v) is 8.22. The molecule has 0 bridgehead atoms. The molecule has 0 spiro atoms. The summed E-state index contributed by atoms with van der Waals surface area (Å²) in [6.45, 7) is 3.61. The van der Waals surface area contributed by atoms with Crippen LogP contribution in [-0.4, -0.2) is 52.5 Å². The number of halogens is 1. The first kappa shape index (κ1) is 22.6. The van der Waals surface area contributed by atoms with E-state index in [0.717, 1.165) is 43.2 Å². The van der Waals surface area contributed by atoms with Crippen LogP contribution in [0.1, 0.15) is 10.4 Å². The van der Waals surface area contributed by atoms with E-state index in [2.05, 4.69) is 26.9 Å². The van der Waals surface area contributed by atoms with Crippen LogP contribution in [0.4, 0.5) is 17.1 Å². The first-order valence-corrected chi connectivity index (χ1v) is 12.8. The Hall–Kier alpha value is -2.59. The van der Waals surface area contributed by atoms with E-state index in [1.807, 2.05) is 12.1 Å². The standard InChI is InChI=1S/C22H23ClN4O3S2/c1-26-10-12-27(13-11-26)20-9-6-17(23)15-19(20)24-22(28)16-4-7-18(8-5-16)25-32(29,30)21-3-2-14-31-21/h2-9,14-15,25H,10-13H2,1H3,(H,24,28). The van der Waals surface area contributed by atoms with Crippen molar-refractivity contribution >= 4 is 55.9 Å². The van der Waals surface area contributed by atoms with Crippen LogP contribution in [0.15, 0.2) is 64.2 Å². The predicted molar refractivity (Wildman–Crippen MR) is 131 cm³/mol. The molecule has 3 aromatic rings. The van der Waals surface area contributed by atoms with E-state index < -0.39 is 10.0 Å².